The predicted molar refractivity (Wildman–Crippen MR) is 94.9 cm³/mol. The Hall–Kier alpha value is -2.15. The van der Waals surface area contributed by atoms with Crippen molar-refractivity contribution in [2.24, 2.45) is 5.92 Å². The average molecular weight is 347 g/mol. The molecule has 2 aliphatic rings. The fourth-order valence-corrected chi connectivity index (χ4v) is 3.79. The number of aliphatic hydroxyl groups excluding tert-OH is 1. The van der Waals surface area contributed by atoms with Crippen LogP contribution in [0.3, 0.4) is 0 Å². The lowest BCUT2D eigenvalue weighted by Gasteiger charge is -2.32. The third-order valence-corrected chi connectivity index (χ3v) is 5.18. The molecule has 0 aromatic heterocycles. The van der Waals surface area contributed by atoms with Gasteiger partial charge in [-0.3, -0.25) is 14.9 Å². The summed E-state index contributed by atoms with van der Waals surface area (Å²) in [6.45, 7) is 2.85. The average Bonchev–Trinajstić information content (AvgIpc) is 2.67. The zero-order valence-corrected chi connectivity index (χ0v) is 14.4. The fraction of sp³-hybridized carbons (Fsp3) is 0.611. The molecule has 1 amide bonds. The maximum Gasteiger partial charge on any atom is 0.293 e. The van der Waals surface area contributed by atoms with Crippen LogP contribution in [0.1, 0.15) is 42.5 Å². The zero-order chi connectivity index (χ0) is 17.8. The number of benzene rings is 1. The topological polar surface area (TPSA) is 86.9 Å². The molecule has 1 atom stereocenters. The molecule has 1 aromatic carbocycles. The Morgan fingerprint density at radius 2 is 1.96 bits per heavy atom. The van der Waals surface area contributed by atoms with Gasteiger partial charge in [0.05, 0.1) is 4.92 Å². The van der Waals surface area contributed by atoms with Crippen LogP contribution in [0.15, 0.2) is 18.2 Å². The molecule has 0 spiro atoms. The van der Waals surface area contributed by atoms with Crippen molar-refractivity contribution in [1.29, 1.82) is 0 Å². The van der Waals surface area contributed by atoms with E-state index in [1.165, 1.54) is 6.07 Å². The van der Waals surface area contributed by atoms with Crippen molar-refractivity contribution in [3.63, 3.8) is 0 Å². The van der Waals surface area contributed by atoms with Gasteiger partial charge in [-0.25, -0.2) is 0 Å². The van der Waals surface area contributed by atoms with Crippen LogP contribution >= 0.6 is 0 Å². The number of hydrogen-bond acceptors (Lipinski definition) is 5. The van der Waals surface area contributed by atoms with Gasteiger partial charge < -0.3 is 14.9 Å². The maximum atomic E-state index is 12.7. The van der Waals surface area contributed by atoms with Gasteiger partial charge in [-0.05, 0) is 50.2 Å². The van der Waals surface area contributed by atoms with E-state index in [9.17, 15) is 20.0 Å². The van der Waals surface area contributed by atoms with E-state index in [0.717, 1.165) is 45.2 Å². The SMILES string of the molecule is O=C(c1ccc(N2CCCCC2)c([N+](=O)[O-])c1)N1CCC[C@H](CO)C1. The fourth-order valence-electron chi connectivity index (χ4n) is 3.79. The Morgan fingerprint density at radius 1 is 1.20 bits per heavy atom. The van der Waals surface area contributed by atoms with Crippen LogP contribution in [0.4, 0.5) is 11.4 Å². The lowest BCUT2D eigenvalue weighted by Crippen LogP contribution is -2.41. The summed E-state index contributed by atoms with van der Waals surface area (Å²) in [6, 6.07) is 4.82. The summed E-state index contributed by atoms with van der Waals surface area (Å²) in [4.78, 5) is 27.6. The Labute approximate surface area is 147 Å². The minimum Gasteiger partial charge on any atom is -0.396 e. The minimum absolute atomic E-state index is 0.00321. The molecule has 0 saturated carbocycles. The number of nitro benzene ring substituents is 1. The first kappa shape index (κ1) is 17.7. The zero-order valence-electron chi connectivity index (χ0n) is 14.4. The van der Waals surface area contributed by atoms with Crippen LogP contribution in [0.2, 0.25) is 0 Å². The molecule has 0 aliphatic carbocycles. The third-order valence-electron chi connectivity index (χ3n) is 5.18. The third kappa shape index (κ3) is 3.92. The minimum atomic E-state index is -0.395. The first-order chi connectivity index (χ1) is 12.1. The van der Waals surface area contributed by atoms with Crippen molar-refractivity contribution in [1.82, 2.24) is 4.90 Å². The van der Waals surface area contributed by atoms with E-state index in [1.807, 2.05) is 4.90 Å². The number of piperidine rings is 2. The molecule has 136 valence electrons. The molecule has 1 N–H and O–H groups in total. The number of likely N-dealkylation sites (tertiary alicyclic amines) is 1. The number of anilines is 1. The van der Waals surface area contributed by atoms with Crippen molar-refractivity contribution in [2.45, 2.75) is 32.1 Å². The number of aliphatic hydroxyl groups is 1. The smallest absolute Gasteiger partial charge is 0.293 e. The van der Waals surface area contributed by atoms with Crippen LogP contribution < -0.4 is 4.90 Å². The highest BCUT2D eigenvalue weighted by atomic mass is 16.6. The number of rotatable bonds is 4. The first-order valence-corrected chi connectivity index (χ1v) is 9.03. The highest BCUT2D eigenvalue weighted by molar-refractivity contribution is 5.96. The van der Waals surface area contributed by atoms with E-state index in [1.54, 1.807) is 17.0 Å². The van der Waals surface area contributed by atoms with Crippen molar-refractivity contribution >= 4 is 17.3 Å². The molecule has 7 nitrogen and oxygen atoms in total. The predicted octanol–water partition coefficient (Wildman–Crippen LogP) is 2.43. The van der Waals surface area contributed by atoms with E-state index in [2.05, 4.69) is 0 Å². The molecule has 7 heteroatoms. The standard InChI is InChI=1S/C18H25N3O4/c22-13-14-5-4-10-20(12-14)18(23)15-6-7-16(17(11-15)21(24)25)19-8-2-1-3-9-19/h6-7,11,14,22H,1-5,8-10,12-13H2/t14-/m0/s1. The van der Waals surface area contributed by atoms with Gasteiger partial charge in [0, 0.05) is 44.4 Å². The molecule has 0 unspecified atom stereocenters. The van der Waals surface area contributed by atoms with Gasteiger partial charge in [-0.2, -0.15) is 0 Å². The Morgan fingerprint density at radius 3 is 2.64 bits per heavy atom. The summed E-state index contributed by atoms with van der Waals surface area (Å²) in [5.41, 5.74) is 0.961. The summed E-state index contributed by atoms with van der Waals surface area (Å²) in [6.07, 6.45) is 4.99. The molecule has 2 saturated heterocycles. The summed E-state index contributed by atoms with van der Waals surface area (Å²) >= 11 is 0. The van der Waals surface area contributed by atoms with Crippen LogP contribution in [0, 0.1) is 16.0 Å². The van der Waals surface area contributed by atoms with Crippen molar-refractivity contribution in [3.05, 3.63) is 33.9 Å². The quantitative estimate of drug-likeness (QED) is 0.668. The molecule has 2 aliphatic heterocycles. The van der Waals surface area contributed by atoms with Gasteiger partial charge in [0.2, 0.25) is 0 Å². The molecule has 3 rings (SSSR count). The molecule has 0 bridgehead atoms. The van der Waals surface area contributed by atoms with Crippen LogP contribution in [0.25, 0.3) is 0 Å². The molecule has 0 radical (unpaired) electrons. The lowest BCUT2D eigenvalue weighted by molar-refractivity contribution is -0.384. The normalized spacial score (nSPS) is 21.2. The molecular formula is C18H25N3O4. The number of hydrogen-bond donors (Lipinski definition) is 1. The van der Waals surface area contributed by atoms with Gasteiger partial charge in [0.25, 0.3) is 11.6 Å². The largest absolute Gasteiger partial charge is 0.396 e. The molecule has 1 aromatic rings. The highest BCUT2D eigenvalue weighted by Crippen LogP contribution is 2.32. The molecule has 2 heterocycles. The van der Waals surface area contributed by atoms with E-state index < -0.39 is 4.92 Å². The van der Waals surface area contributed by atoms with Crippen molar-refractivity contribution in [2.75, 3.05) is 37.7 Å². The van der Waals surface area contributed by atoms with E-state index in [0.29, 0.717) is 24.3 Å². The summed E-state index contributed by atoms with van der Waals surface area (Å²) < 4.78 is 0. The second kappa shape index (κ2) is 7.82. The summed E-state index contributed by atoms with van der Waals surface area (Å²) in [5.74, 6) is -0.0910. The lowest BCUT2D eigenvalue weighted by atomic mass is 9.98. The van der Waals surface area contributed by atoms with Crippen LogP contribution in [-0.2, 0) is 0 Å². The number of nitro groups is 1. The first-order valence-electron chi connectivity index (χ1n) is 9.03. The highest BCUT2D eigenvalue weighted by Gasteiger charge is 2.27. The van der Waals surface area contributed by atoms with Gasteiger partial charge in [-0.15, -0.1) is 0 Å². The second-order valence-electron chi connectivity index (χ2n) is 6.95. The second-order valence-corrected chi connectivity index (χ2v) is 6.95. The number of carbonyl (C=O) groups is 1. The van der Waals surface area contributed by atoms with Gasteiger partial charge in [0.1, 0.15) is 5.69 Å². The van der Waals surface area contributed by atoms with E-state index in [-0.39, 0.29) is 24.1 Å². The molecule has 2 fully saturated rings. The molecular weight excluding hydrogens is 322 g/mol. The number of amides is 1. The van der Waals surface area contributed by atoms with Crippen molar-refractivity contribution < 1.29 is 14.8 Å². The Bertz CT molecular complexity index is 643. The Kier molecular flexibility index (Phi) is 5.53. The summed E-state index contributed by atoms with van der Waals surface area (Å²) in [7, 11) is 0. The van der Waals surface area contributed by atoms with Crippen LogP contribution in [0.5, 0.6) is 0 Å². The van der Waals surface area contributed by atoms with Crippen LogP contribution in [-0.4, -0.2) is 53.6 Å². The maximum absolute atomic E-state index is 12.7. The number of carbonyl (C=O) groups excluding carboxylic acids is 1. The van der Waals surface area contributed by atoms with Gasteiger partial charge >= 0.3 is 0 Å². The molecule has 25 heavy (non-hydrogen) atoms. The van der Waals surface area contributed by atoms with E-state index in [4.69, 9.17) is 0 Å². The summed E-state index contributed by atoms with van der Waals surface area (Å²) in [5, 5.41) is 20.9. The van der Waals surface area contributed by atoms with Crippen molar-refractivity contribution in [3.8, 4) is 0 Å². The number of nitrogens with zero attached hydrogens (tertiary/aromatic N) is 3. The monoisotopic (exact) mass is 347 g/mol. The van der Waals surface area contributed by atoms with Gasteiger partial charge in [-0.1, -0.05) is 0 Å². The Balaban J connectivity index is 1.83. The van der Waals surface area contributed by atoms with Gasteiger partial charge in [0.15, 0.2) is 0 Å². The van der Waals surface area contributed by atoms with E-state index >= 15 is 0 Å².